The zero-order valence-corrected chi connectivity index (χ0v) is 9.37. The lowest BCUT2D eigenvalue weighted by Gasteiger charge is -2.01. The standard InChI is InChI=1S/C9H13N5S/c1-8-7-15-9(12-8)6-10-2-4-14-5-3-11-13-14/h3,5,7,10H,2,4,6H2,1H3. The van der Waals surface area contributed by atoms with Gasteiger partial charge in [-0.2, -0.15) is 0 Å². The first-order valence-corrected chi connectivity index (χ1v) is 5.68. The Labute approximate surface area is 92.2 Å². The van der Waals surface area contributed by atoms with Gasteiger partial charge in [-0.15, -0.1) is 16.4 Å². The quantitative estimate of drug-likeness (QED) is 0.763. The number of thiazole rings is 1. The summed E-state index contributed by atoms with van der Waals surface area (Å²) in [4.78, 5) is 4.37. The molecule has 0 unspecified atom stereocenters. The van der Waals surface area contributed by atoms with E-state index in [-0.39, 0.29) is 0 Å². The van der Waals surface area contributed by atoms with E-state index in [1.54, 1.807) is 22.2 Å². The van der Waals surface area contributed by atoms with Crippen molar-refractivity contribution < 1.29 is 0 Å². The fourth-order valence-corrected chi connectivity index (χ4v) is 1.97. The molecule has 0 radical (unpaired) electrons. The van der Waals surface area contributed by atoms with Crippen molar-refractivity contribution in [1.82, 2.24) is 25.3 Å². The fraction of sp³-hybridized carbons (Fsp3) is 0.444. The smallest absolute Gasteiger partial charge is 0.107 e. The number of nitrogens with one attached hydrogen (secondary N) is 1. The molecule has 0 aliphatic rings. The molecule has 2 aromatic rings. The van der Waals surface area contributed by atoms with Gasteiger partial charge in [0.05, 0.1) is 12.7 Å². The van der Waals surface area contributed by atoms with Crippen LogP contribution in [-0.2, 0) is 13.1 Å². The molecule has 0 saturated heterocycles. The molecule has 0 atom stereocenters. The predicted octanol–water partition coefficient (Wildman–Crippen LogP) is 0.833. The normalized spacial score (nSPS) is 10.7. The Balaban J connectivity index is 1.67. The third kappa shape index (κ3) is 3.10. The Morgan fingerprint density at radius 1 is 1.53 bits per heavy atom. The maximum Gasteiger partial charge on any atom is 0.107 e. The van der Waals surface area contributed by atoms with Crippen LogP contribution in [-0.4, -0.2) is 26.5 Å². The van der Waals surface area contributed by atoms with E-state index in [0.29, 0.717) is 0 Å². The molecule has 2 aromatic heterocycles. The molecule has 0 saturated carbocycles. The van der Waals surface area contributed by atoms with Crippen LogP contribution >= 0.6 is 11.3 Å². The molecule has 0 aliphatic heterocycles. The van der Waals surface area contributed by atoms with Crippen molar-refractivity contribution in [1.29, 1.82) is 0 Å². The summed E-state index contributed by atoms with van der Waals surface area (Å²) in [5, 5.41) is 14.1. The van der Waals surface area contributed by atoms with Gasteiger partial charge in [0.25, 0.3) is 0 Å². The molecular weight excluding hydrogens is 210 g/mol. The Morgan fingerprint density at radius 2 is 2.47 bits per heavy atom. The molecule has 5 nitrogen and oxygen atoms in total. The van der Waals surface area contributed by atoms with Gasteiger partial charge in [0.2, 0.25) is 0 Å². The maximum atomic E-state index is 4.37. The van der Waals surface area contributed by atoms with Gasteiger partial charge >= 0.3 is 0 Å². The van der Waals surface area contributed by atoms with E-state index >= 15 is 0 Å². The van der Waals surface area contributed by atoms with Crippen molar-refractivity contribution >= 4 is 11.3 Å². The molecule has 0 fully saturated rings. The Kier molecular flexibility index (Phi) is 3.41. The Hall–Kier alpha value is -1.27. The first kappa shape index (κ1) is 10.3. The maximum absolute atomic E-state index is 4.37. The number of rotatable bonds is 5. The monoisotopic (exact) mass is 223 g/mol. The van der Waals surface area contributed by atoms with Crippen molar-refractivity contribution in [3.05, 3.63) is 28.5 Å². The molecule has 0 aromatic carbocycles. The Morgan fingerprint density at radius 3 is 3.13 bits per heavy atom. The highest BCUT2D eigenvalue weighted by Gasteiger charge is 1.97. The largest absolute Gasteiger partial charge is 0.309 e. The SMILES string of the molecule is Cc1csc(CNCCn2ccnn2)n1. The number of aromatic nitrogens is 4. The predicted molar refractivity (Wildman–Crippen MR) is 58.6 cm³/mol. The van der Waals surface area contributed by atoms with Crippen LogP contribution in [0.3, 0.4) is 0 Å². The summed E-state index contributed by atoms with van der Waals surface area (Å²) in [5.74, 6) is 0. The number of aryl methyl sites for hydroxylation is 1. The van der Waals surface area contributed by atoms with Crippen LogP contribution in [0, 0.1) is 6.92 Å². The third-order valence-electron chi connectivity index (χ3n) is 1.93. The van der Waals surface area contributed by atoms with Gasteiger partial charge in [-0.05, 0) is 6.92 Å². The van der Waals surface area contributed by atoms with Crippen molar-refractivity contribution in [3.63, 3.8) is 0 Å². The first-order chi connectivity index (χ1) is 7.34. The molecule has 0 spiro atoms. The summed E-state index contributed by atoms with van der Waals surface area (Å²) in [5.41, 5.74) is 1.09. The molecule has 2 heterocycles. The van der Waals surface area contributed by atoms with Crippen LogP contribution in [0.1, 0.15) is 10.7 Å². The van der Waals surface area contributed by atoms with Crippen LogP contribution in [0.25, 0.3) is 0 Å². The highest BCUT2D eigenvalue weighted by atomic mass is 32.1. The van der Waals surface area contributed by atoms with Gasteiger partial charge in [0.1, 0.15) is 5.01 Å². The molecular formula is C9H13N5S. The summed E-state index contributed by atoms with van der Waals surface area (Å²) in [6.45, 7) is 4.55. The number of hydrogen-bond donors (Lipinski definition) is 1. The second kappa shape index (κ2) is 4.99. The summed E-state index contributed by atoms with van der Waals surface area (Å²) in [6.07, 6.45) is 3.54. The minimum absolute atomic E-state index is 0.827. The fourth-order valence-electron chi connectivity index (χ4n) is 1.22. The van der Waals surface area contributed by atoms with Crippen molar-refractivity contribution in [2.45, 2.75) is 20.0 Å². The van der Waals surface area contributed by atoms with Gasteiger partial charge in [0, 0.05) is 30.4 Å². The van der Waals surface area contributed by atoms with E-state index in [0.717, 1.165) is 30.3 Å². The van der Waals surface area contributed by atoms with Crippen molar-refractivity contribution in [3.8, 4) is 0 Å². The van der Waals surface area contributed by atoms with Gasteiger partial charge in [-0.25, -0.2) is 4.98 Å². The average Bonchev–Trinajstić information content (AvgIpc) is 2.84. The minimum atomic E-state index is 0.827. The zero-order valence-electron chi connectivity index (χ0n) is 8.55. The lowest BCUT2D eigenvalue weighted by molar-refractivity contribution is 0.539. The van der Waals surface area contributed by atoms with E-state index in [2.05, 4.69) is 26.0 Å². The molecule has 2 rings (SSSR count). The second-order valence-corrected chi connectivity index (χ2v) is 4.17. The van der Waals surface area contributed by atoms with E-state index in [4.69, 9.17) is 0 Å². The molecule has 0 aliphatic carbocycles. The van der Waals surface area contributed by atoms with Crippen LogP contribution < -0.4 is 5.32 Å². The molecule has 0 bridgehead atoms. The van der Waals surface area contributed by atoms with Crippen LogP contribution in [0.15, 0.2) is 17.8 Å². The first-order valence-electron chi connectivity index (χ1n) is 4.80. The zero-order chi connectivity index (χ0) is 10.5. The summed E-state index contributed by atoms with van der Waals surface area (Å²) >= 11 is 1.69. The van der Waals surface area contributed by atoms with Crippen LogP contribution in [0.5, 0.6) is 0 Å². The van der Waals surface area contributed by atoms with Gasteiger partial charge in [0.15, 0.2) is 0 Å². The number of hydrogen-bond acceptors (Lipinski definition) is 5. The number of nitrogens with zero attached hydrogens (tertiary/aromatic N) is 4. The van der Waals surface area contributed by atoms with Crippen LogP contribution in [0.2, 0.25) is 0 Å². The molecule has 0 amide bonds. The molecule has 6 heteroatoms. The second-order valence-electron chi connectivity index (χ2n) is 3.23. The third-order valence-corrected chi connectivity index (χ3v) is 2.90. The summed E-state index contributed by atoms with van der Waals surface area (Å²) < 4.78 is 1.81. The topological polar surface area (TPSA) is 55.6 Å². The molecule has 80 valence electrons. The summed E-state index contributed by atoms with van der Waals surface area (Å²) in [6, 6.07) is 0. The Bertz CT molecular complexity index is 394. The van der Waals surface area contributed by atoms with E-state index in [1.807, 2.05) is 13.1 Å². The van der Waals surface area contributed by atoms with Gasteiger partial charge in [-0.3, -0.25) is 4.68 Å². The van der Waals surface area contributed by atoms with Crippen molar-refractivity contribution in [2.24, 2.45) is 0 Å². The van der Waals surface area contributed by atoms with E-state index in [1.165, 1.54) is 0 Å². The molecule has 1 N–H and O–H groups in total. The van der Waals surface area contributed by atoms with E-state index in [9.17, 15) is 0 Å². The van der Waals surface area contributed by atoms with Gasteiger partial charge in [-0.1, -0.05) is 5.21 Å². The highest BCUT2D eigenvalue weighted by molar-refractivity contribution is 7.09. The molecule has 15 heavy (non-hydrogen) atoms. The average molecular weight is 223 g/mol. The van der Waals surface area contributed by atoms with Gasteiger partial charge < -0.3 is 5.32 Å². The minimum Gasteiger partial charge on any atom is -0.309 e. The van der Waals surface area contributed by atoms with Crippen molar-refractivity contribution in [2.75, 3.05) is 6.54 Å². The summed E-state index contributed by atoms with van der Waals surface area (Å²) in [7, 11) is 0. The lowest BCUT2D eigenvalue weighted by Crippen LogP contribution is -2.19. The van der Waals surface area contributed by atoms with E-state index < -0.39 is 0 Å². The lowest BCUT2D eigenvalue weighted by atomic mass is 10.5. The highest BCUT2D eigenvalue weighted by Crippen LogP contribution is 2.07. The van der Waals surface area contributed by atoms with Crippen LogP contribution in [0.4, 0.5) is 0 Å².